The third-order valence-electron chi connectivity index (χ3n) is 5.79. The fraction of sp³-hybridized carbons (Fsp3) is 0.292. The van der Waals surface area contributed by atoms with E-state index in [4.69, 9.17) is 4.74 Å². The molecule has 0 bridgehead atoms. The van der Waals surface area contributed by atoms with E-state index in [2.05, 4.69) is 28.8 Å². The highest BCUT2D eigenvalue weighted by molar-refractivity contribution is 5.86. The molecule has 0 aromatic heterocycles. The first-order valence-electron chi connectivity index (χ1n) is 9.98. The van der Waals surface area contributed by atoms with Crippen molar-refractivity contribution in [1.82, 2.24) is 10.6 Å². The Morgan fingerprint density at radius 1 is 0.966 bits per heavy atom. The number of amides is 2. The zero-order valence-electron chi connectivity index (χ0n) is 16.3. The molecule has 150 valence electrons. The number of ether oxygens (including phenoxy) is 1. The number of fused-ring (bicyclic) bond motifs is 1. The third-order valence-corrected chi connectivity index (χ3v) is 5.79. The molecule has 0 atom stereocenters. The monoisotopic (exact) mass is 392 g/mol. The van der Waals surface area contributed by atoms with Crippen LogP contribution in [-0.4, -0.2) is 25.8 Å². The summed E-state index contributed by atoms with van der Waals surface area (Å²) in [4.78, 5) is 12.5. The third kappa shape index (κ3) is 4.40. The first-order valence-corrected chi connectivity index (χ1v) is 9.98. The van der Waals surface area contributed by atoms with Crippen molar-refractivity contribution < 1.29 is 13.9 Å². The second-order valence-corrected chi connectivity index (χ2v) is 7.58. The van der Waals surface area contributed by atoms with Gasteiger partial charge in [0.05, 0.1) is 0 Å². The van der Waals surface area contributed by atoms with Crippen LogP contribution in [0, 0.1) is 5.82 Å². The summed E-state index contributed by atoms with van der Waals surface area (Å²) >= 11 is 0. The van der Waals surface area contributed by atoms with Gasteiger partial charge in [0.15, 0.2) is 0 Å². The zero-order valence-corrected chi connectivity index (χ0v) is 16.3. The predicted octanol–water partition coefficient (Wildman–Crippen LogP) is 4.53. The van der Waals surface area contributed by atoms with Gasteiger partial charge in [0, 0.05) is 31.7 Å². The molecule has 2 N–H and O–H groups in total. The van der Waals surface area contributed by atoms with E-state index < -0.39 is 0 Å². The Hall–Kier alpha value is -2.92. The summed E-state index contributed by atoms with van der Waals surface area (Å²) in [6.45, 7) is 2.11. The lowest BCUT2D eigenvalue weighted by Crippen LogP contribution is -2.47. The smallest absolute Gasteiger partial charge is 0.315 e. The summed E-state index contributed by atoms with van der Waals surface area (Å²) in [6, 6.07) is 20.7. The van der Waals surface area contributed by atoms with Crippen LogP contribution in [0.25, 0.3) is 10.8 Å². The zero-order chi connectivity index (χ0) is 20.1. The van der Waals surface area contributed by atoms with Gasteiger partial charge in [0.2, 0.25) is 0 Å². The van der Waals surface area contributed by atoms with Gasteiger partial charge in [0.25, 0.3) is 0 Å². The molecule has 0 spiro atoms. The summed E-state index contributed by atoms with van der Waals surface area (Å²) in [5.41, 5.74) is 1.68. The van der Waals surface area contributed by atoms with Crippen molar-refractivity contribution in [2.75, 3.05) is 19.8 Å². The van der Waals surface area contributed by atoms with Crippen LogP contribution in [0.5, 0.6) is 0 Å². The molecule has 4 rings (SSSR count). The highest BCUT2D eigenvalue weighted by atomic mass is 19.1. The lowest BCUT2D eigenvalue weighted by molar-refractivity contribution is 0.0506. The molecular formula is C24H25FN2O2. The van der Waals surface area contributed by atoms with Crippen molar-refractivity contribution in [1.29, 1.82) is 0 Å². The average molecular weight is 392 g/mol. The first-order chi connectivity index (χ1) is 14.2. The van der Waals surface area contributed by atoms with Gasteiger partial charge in [0.1, 0.15) is 5.82 Å². The highest BCUT2D eigenvalue weighted by Gasteiger charge is 2.35. The number of carbonyl (C=O) groups is 1. The second-order valence-electron chi connectivity index (χ2n) is 7.58. The summed E-state index contributed by atoms with van der Waals surface area (Å²) in [5.74, 6) is -0.256. The summed E-state index contributed by atoms with van der Waals surface area (Å²) in [7, 11) is 0. The van der Waals surface area contributed by atoms with Crippen molar-refractivity contribution in [2.45, 2.75) is 24.8 Å². The number of nitrogens with one attached hydrogen (secondary N) is 2. The molecule has 0 radical (unpaired) electrons. The van der Waals surface area contributed by atoms with Crippen molar-refractivity contribution >= 4 is 16.8 Å². The number of rotatable bonds is 5. The number of hydrogen-bond donors (Lipinski definition) is 2. The van der Waals surface area contributed by atoms with Crippen molar-refractivity contribution in [3.05, 3.63) is 83.7 Å². The molecule has 2 amide bonds. The van der Waals surface area contributed by atoms with Crippen LogP contribution >= 0.6 is 0 Å². The van der Waals surface area contributed by atoms with E-state index in [1.54, 1.807) is 12.1 Å². The fourth-order valence-corrected chi connectivity index (χ4v) is 4.08. The van der Waals surface area contributed by atoms with E-state index >= 15 is 0 Å². The number of hydrogen-bond acceptors (Lipinski definition) is 2. The number of halogens is 1. The van der Waals surface area contributed by atoms with E-state index in [1.807, 2.05) is 30.3 Å². The SMILES string of the molecule is O=C(NCc1cccc2ccccc12)NCC1(c2cccc(F)c2)CCOCC1. The molecule has 0 unspecified atom stereocenters. The fourth-order valence-electron chi connectivity index (χ4n) is 4.08. The molecule has 1 fully saturated rings. The Morgan fingerprint density at radius 3 is 2.55 bits per heavy atom. The molecule has 1 aliphatic heterocycles. The normalized spacial score (nSPS) is 15.8. The van der Waals surface area contributed by atoms with Crippen LogP contribution < -0.4 is 10.6 Å². The van der Waals surface area contributed by atoms with Crippen LogP contribution in [0.3, 0.4) is 0 Å². The minimum absolute atomic E-state index is 0.222. The Morgan fingerprint density at radius 2 is 1.72 bits per heavy atom. The van der Waals surface area contributed by atoms with Gasteiger partial charge in [-0.05, 0) is 46.9 Å². The number of urea groups is 1. The summed E-state index contributed by atoms with van der Waals surface area (Å²) in [5, 5.41) is 8.24. The van der Waals surface area contributed by atoms with E-state index in [0.717, 1.165) is 34.7 Å². The predicted molar refractivity (Wildman–Crippen MR) is 112 cm³/mol. The van der Waals surface area contributed by atoms with Crippen molar-refractivity contribution in [2.24, 2.45) is 0 Å². The molecule has 0 aliphatic carbocycles. The molecule has 1 aliphatic rings. The van der Waals surface area contributed by atoms with E-state index in [0.29, 0.717) is 26.3 Å². The minimum atomic E-state index is -0.308. The van der Waals surface area contributed by atoms with E-state index in [-0.39, 0.29) is 17.3 Å². The van der Waals surface area contributed by atoms with Gasteiger partial charge in [-0.3, -0.25) is 0 Å². The topological polar surface area (TPSA) is 50.4 Å². The van der Waals surface area contributed by atoms with Gasteiger partial charge >= 0.3 is 6.03 Å². The van der Waals surface area contributed by atoms with Gasteiger partial charge in [-0.25, -0.2) is 9.18 Å². The lowest BCUT2D eigenvalue weighted by atomic mass is 9.74. The standard InChI is InChI=1S/C24H25FN2O2/c25-21-9-4-8-20(15-21)24(11-13-29-14-12-24)17-27-23(28)26-16-19-7-3-6-18-5-1-2-10-22(18)19/h1-10,15H,11-14,16-17H2,(H2,26,27,28). The molecule has 29 heavy (non-hydrogen) atoms. The maximum absolute atomic E-state index is 13.8. The largest absolute Gasteiger partial charge is 0.381 e. The van der Waals surface area contributed by atoms with Gasteiger partial charge in [-0.15, -0.1) is 0 Å². The molecule has 5 heteroatoms. The molecule has 0 saturated carbocycles. The Bertz CT molecular complexity index is 994. The summed E-state index contributed by atoms with van der Waals surface area (Å²) < 4.78 is 19.3. The van der Waals surface area contributed by atoms with Crippen LogP contribution in [0.2, 0.25) is 0 Å². The van der Waals surface area contributed by atoms with Crippen LogP contribution in [0.1, 0.15) is 24.0 Å². The molecule has 4 nitrogen and oxygen atoms in total. The average Bonchev–Trinajstić information content (AvgIpc) is 2.77. The van der Waals surface area contributed by atoms with Crippen molar-refractivity contribution in [3.63, 3.8) is 0 Å². The Labute approximate surface area is 170 Å². The maximum Gasteiger partial charge on any atom is 0.315 e. The molecule has 1 saturated heterocycles. The van der Waals surface area contributed by atoms with Gasteiger partial charge in [-0.2, -0.15) is 0 Å². The number of benzene rings is 3. The Balaban J connectivity index is 1.42. The maximum atomic E-state index is 13.8. The molecule has 3 aromatic carbocycles. The first kappa shape index (κ1) is 19.4. The molecule has 1 heterocycles. The molecular weight excluding hydrogens is 367 g/mol. The van der Waals surface area contributed by atoms with Gasteiger partial charge in [-0.1, -0.05) is 54.6 Å². The minimum Gasteiger partial charge on any atom is -0.381 e. The van der Waals surface area contributed by atoms with E-state index in [1.165, 1.54) is 6.07 Å². The van der Waals surface area contributed by atoms with E-state index in [9.17, 15) is 9.18 Å². The lowest BCUT2D eigenvalue weighted by Gasteiger charge is -2.38. The van der Waals surface area contributed by atoms with Crippen molar-refractivity contribution in [3.8, 4) is 0 Å². The summed E-state index contributed by atoms with van der Waals surface area (Å²) in [6.07, 6.45) is 1.50. The van der Waals surface area contributed by atoms with Crippen LogP contribution in [0.4, 0.5) is 9.18 Å². The quantitative estimate of drug-likeness (QED) is 0.670. The Kier molecular flexibility index (Phi) is 5.76. The number of carbonyl (C=O) groups excluding carboxylic acids is 1. The van der Waals surface area contributed by atoms with Crippen LogP contribution in [0.15, 0.2) is 66.7 Å². The van der Waals surface area contributed by atoms with Crippen LogP contribution in [-0.2, 0) is 16.7 Å². The van der Waals surface area contributed by atoms with Gasteiger partial charge < -0.3 is 15.4 Å². The molecule has 3 aromatic rings. The highest BCUT2D eigenvalue weighted by Crippen LogP contribution is 2.34. The second kappa shape index (κ2) is 8.62.